The lowest BCUT2D eigenvalue weighted by atomic mass is 10.2. The average Bonchev–Trinajstić information content (AvgIpc) is 2.09. The highest BCUT2D eigenvalue weighted by Crippen LogP contribution is 2.24. The lowest BCUT2D eigenvalue weighted by molar-refractivity contribution is -0.306. The fourth-order valence-electron chi connectivity index (χ4n) is 0.980. The first-order valence-electron chi connectivity index (χ1n) is 4.25. The van der Waals surface area contributed by atoms with Crippen molar-refractivity contribution < 1.29 is 17.9 Å². The van der Waals surface area contributed by atoms with E-state index in [1.165, 1.54) is 6.08 Å². The third-order valence-corrected chi connectivity index (χ3v) is 1.51. The van der Waals surface area contributed by atoms with Crippen LogP contribution in [0.15, 0.2) is 23.5 Å². The molecule has 0 aliphatic carbocycles. The highest BCUT2D eigenvalue weighted by atomic mass is 19.4. The van der Waals surface area contributed by atoms with Crippen LogP contribution in [0.1, 0.15) is 20.3 Å². The minimum Gasteiger partial charge on any atom is -0.410 e. The Morgan fingerprint density at radius 3 is 2.29 bits per heavy atom. The summed E-state index contributed by atoms with van der Waals surface area (Å²) in [7, 11) is 0. The lowest BCUT2D eigenvalue weighted by Crippen LogP contribution is -2.16. The molecule has 0 aromatic rings. The maximum atomic E-state index is 11.9. The van der Waals surface area contributed by atoms with E-state index in [2.05, 4.69) is 4.74 Å². The molecule has 0 bridgehead atoms. The van der Waals surface area contributed by atoms with Gasteiger partial charge in [0.25, 0.3) is 0 Å². The summed E-state index contributed by atoms with van der Waals surface area (Å²) in [5.74, 6) is -0.127. The lowest BCUT2D eigenvalue weighted by Gasteiger charge is -2.13. The van der Waals surface area contributed by atoms with Crippen molar-refractivity contribution in [3.63, 3.8) is 0 Å². The van der Waals surface area contributed by atoms with Gasteiger partial charge in [-0.25, -0.2) is 0 Å². The number of alkyl halides is 3. The first-order valence-corrected chi connectivity index (χ1v) is 4.25. The van der Waals surface area contributed by atoms with Crippen molar-refractivity contribution in [2.45, 2.75) is 26.6 Å². The predicted molar refractivity (Wildman–Crippen MR) is 48.3 cm³/mol. The summed E-state index contributed by atoms with van der Waals surface area (Å²) in [6, 6.07) is 0. The van der Waals surface area contributed by atoms with Crippen molar-refractivity contribution in [2.75, 3.05) is 6.54 Å². The number of rotatable bonds is 4. The Morgan fingerprint density at radius 1 is 1.43 bits per heavy atom. The first kappa shape index (κ1) is 13.0. The molecule has 0 heterocycles. The van der Waals surface area contributed by atoms with Gasteiger partial charge in [0.2, 0.25) is 0 Å². The first-order chi connectivity index (χ1) is 6.44. The summed E-state index contributed by atoms with van der Waals surface area (Å²) in [5, 5.41) is 0. The molecule has 14 heavy (non-hydrogen) atoms. The van der Waals surface area contributed by atoms with E-state index >= 15 is 0 Å². The van der Waals surface area contributed by atoms with Gasteiger partial charge < -0.3 is 10.5 Å². The van der Waals surface area contributed by atoms with Gasteiger partial charge in [-0.3, -0.25) is 0 Å². The molecule has 0 aromatic heterocycles. The summed E-state index contributed by atoms with van der Waals surface area (Å²) in [6.45, 7) is 3.32. The van der Waals surface area contributed by atoms with Crippen LogP contribution in [-0.2, 0) is 4.74 Å². The molecule has 82 valence electrons. The smallest absolute Gasteiger partial charge is 0.410 e. The number of hydrogen-bond donors (Lipinski definition) is 1. The van der Waals surface area contributed by atoms with Gasteiger partial charge in [-0.1, -0.05) is 19.1 Å². The van der Waals surface area contributed by atoms with Crippen LogP contribution in [0.5, 0.6) is 0 Å². The maximum Gasteiger partial charge on any atom is 0.572 e. The van der Waals surface area contributed by atoms with Crippen LogP contribution in [0.25, 0.3) is 0 Å². The van der Waals surface area contributed by atoms with Crippen molar-refractivity contribution >= 4 is 0 Å². The van der Waals surface area contributed by atoms with Gasteiger partial charge in [-0.05, 0) is 6.92 Å². The Hall–Kier alpha value is -0.970. The molecule has 0 spiro atoms. The Morgan fingerprint density at radius 2 is 2.00 bits per heavy atom. The van der Waals surface area contributed by atoms with Gasteiger partial charge in [0.1, 0.15) is 5.76 Å². The van der Waals surface area contributed by atoms with Gasteiger partial charge in [0.05, 0.1) is 0 Å². The molecule has 0 amide bonds. The number of allylic oxidation sites excluding steroid dienone is 2. The van der Waals surface area contributed by atoms with E-state index in [-0.39, 0.29) is 18.7 Å². The molecule has 2 nitrogen and oxygen atoms in total. The van der Waals surface area contributed by atoms with Gasteiger partial charge in [-0.2, -0.15) is 0 Å². The van der Waals surface area contributed by atoms with E-state index in [9.17, 15) is 13.2 Å². The molecule has 0 rings (SSSR count). The minimum atomic E-state index is -4.65. The maximum absolute atomic E-state index is 11.9. The van der Waals surface area contributed by atoms with E-state index in [1.54, 1.807) is 19.9 Å². The average molecular weight is 209 g/mol. The second-order valence-electron chi connectivity index (χ2n) is 2.55. The zero-order valence-corrected chi connectivity index (χ0v) is 8.19. The van der Waals surface area contributed by atoms with Gasteiger partial charge in [0, 0.05) is 18.5 Å². The van der Waals surface area contributed by atoms with E-state index in [0.29, 0.717) is 5.57 Å². The summed E-state index contributed by atoms with van der Waals surface area (Å²) >= 11 is 0. The summed E-state index contributed by atoms with van der Waals surface area (Å²) in [4.78, 5) is 0. The van der Waals surface area contributed by atoms with E-state index in [1.807, 2.05) is 0 Å². The predicted octanol–water partition coefficient (Wildman–Crippen LogP) is 2.72. The quantitative estimate of drug-likeness (QED) is 0.570. The van der Waals surface area contributed by atoms with Crippen LogP contribution in [0.4, 0.5) is 13.2 Å². The van der Waals surface area contributed by atoms with Crippen molar-refractivity contribution in [1.29, 1.82) is 0 Å². The zero-order valence-electron chi connectivity index (χ0n) is 8.19. The summed E-state index contributed by atoms with van der Waals surface area (Å²) in [5.41, 5.74) is 5.67. The summed E-state index contributed by atoms with van der Waals surface area (Å²) < 4.78 is 39.6. The van der Waals surface area contributed by atoms with Gasteiger partial charge in [0.15, 0.2) is 0 Å². The fourth-order valence-corrected chi connectivity index (χ4v) is 0.980. The Kier molecular flexibility index (Phi) is 5.30. The number of ether oxygens (including phenoxy) is 1. The molecular formula is C9H14F3NO. The molecule has 0 unspecified atom stereocenters. The van der Waals surface area contributed by atoms with E-state index in [4.69, 9.17) is 5.73 Å². The largest absolute Gasteiger partial charge is 0.572 e. The van der Waals surface area contributed by atoms with Crippen molar-refractivity contribution in [3.8, 4) is 0 Å². The van der Waals surface area contributed by atoms with Crippen molar-refractivity contribution in [2.24, 2.45) is 5.73 Å². The molecule has 0 radical (unpaired) electrons. The van der Waals surface area contributed by atoms with Crippen LogP contribution < -0.4 is 5.73 Å². The highest BCUT2D eigenvalue weighted by molar-refractivity contribution is 5.23. The molecule has 5 heteroatoms. The second kappa shape index (κ2) is 5.70. The molecule has 0 saturated heterocycles. The molecule has 0 aliphatic heterocycles. The second-order valence-corrected chi connectivity index (χ2v) is 2.55. The van der Waals surface area contributed by atoms with Crippen molar-refractivity contribution in [1.82, 2.24) is 0 Å². The van der Waals surface area contributed by atoms with Crippen LogP contribution in [-0.4, -0.2) is 12.9 Å². The number of nitrogens with two attached hydrogens (primary N) is 1. The van der Waals surface area contributed by atoms with Crippen LogP contribution in [0.2, 0.25) is 0 Å². The molecule has 0 fully saturated rings. The molecule has 0 aliphatic rings. The van der Waals surface area contributed by atoms with Crippen molar-refractivity contribution in [3.05, 3.63) is 23.5 Å². The van der Waals surface area contributed by atoms with E-state index in [0.717, 1.165) is 0 Å². The number of hydrogen-bond acceptors (Lipinski definition) is 2. The van der Waals surface area contributed by atoms with E-state index < -0.39 is 6.36 Å². The summed E-state index contributed by atoms with van der Waals surface area (Å²) in [6.07, 6.45) is -1.34. The van der Waals surface area contributed by atoms with Crippen LogP contribution in [0, 0.1) is 0 Å². The number of halogens is 3. The molecule has 2 N–H and O–H groups in total. The monoisotopic (exact) mass is 209 g/mol. The Labute approximate surface area is 81.2 Å². The molecule has 0 saturated carbocycles. The zero-order chi connectivity index (χ0) is 11.2. The highest BCUT2D eigenvalue weighted by Gasteiger charge is 2.32. The Bertz CT molecular complexity index is 231. The minimum absolute atomic E-state index is 0.0313. The third-order valence-electron chi connectivity index (χ3n) is 1.51. The van der Waals surface area contributed by atoms with Gasteiger partial charge >= 0.3 is 6.36 Å². The topological polar surface area (TPSA) is 35.2 Å². The normalized spacial score (nSPS) is 14.4. The molecule has 0 atom stereocenters. The Balaban J connectivity index is 4.80. The SMILES string of the molecule is C/C=C\C(CN)=C(/CC)OC(F)(F)F. The standard InChI is InChI=1S/C9H14F3NO/c1-3-5-7(6-13)8(4-2)14-9(10,11)12/h3,5H,4,6,13H2,1-2H3/b5-3-,8-7-. The third kappa shape index (κ3) is 4.91. The van der Waals surface area contributed by atoms with Crippen LogP contribution in [0.3, 0.4) is 0 Å². The fraction of sp³-hybridized carbons (Fsp3) is 0.556. The molecular weight excluding hydrogens is 195 g/mol. The van der Waals surface area contributed by atoms with Gasteiger partial charge in [-0.15, -0.1) is 13.2 Å². The van der Waals surface area contributed by atoms with Crippen LogP contribution >= 0.6 is 0 Å². The molecule has 0 aromatic carbocycles.